The summed E-state index contributed by atoms with van der Waals surface area (Å²) in [7, 11) is 0. The topological polar surface area (TPSA) is 54.9 Å². The van der Waals surface area contributed by atoms with Crippen LogP contribution in [0.25, 0.3) is 6.20 Å². The van der Waals surface area contributed by atoms with Crippen LogP contribution in [-0.2, 0) is 0 Å². The van der Waals surface area contributed by atoms with Gasteiger partial charge in [0, 0.05) is 18.5 Å². The maximum absolute atomic E-state index is 10.9. The summed E-state index contributed by atoms with van der Waals surface area (Å²) >= 11 is 3.01. The highest BCUT2D eigenvalue weighted by molar-refractivity contribution is 9.11. The number of nitrogens with zero attached hydrogens (tertiary/aromatic N) is 1. The largest absolute Gasteiger partial charge is 0.332 e. The third kappa shape index (κ3) is 1.91. The van der Waals surface area contributed by atoms with E-state index < -0.39 is 11.2 Å². The van der Waals surface area contributed by atoms with Gasteiger partial charge in [-0.25, -0.2) is 4.79 Å². The zero-order valence-electron chi connectivity index (χ0n) is 5.45. The van der Waals surface area contributed by atoms with Gasteiger partial charge < -0.3 is 0 Å². The van der Waals surface area contributed by atoms with Crippen molar-refractivity contribution in [2.75, 3.05) is 0 Å². The van der Waals surface area contributed by atoms with Crippen LogP contribution in [0, 0.1) is 0 Å². The second-order valence-electron chi connectivity index (χ2n) is 1.79. The van der Waals surface area contributed by atoms with Gasteiger partial charge >= 0.3 is 5.69 Å². The predicted molar refractivity (Wildman–Crippen MR) is 45.6 cm³/mol. The minimum Gasteiger partial charge on any atom is -0.276 e. The minimum atomic E-state index is -0.451. The lowest BCUT2D eigenvalue weighted by molar-refractivity contribution is 0.939. The molecule has 1 aromatic heterocycles. The number of aromatic nitrogens is 2. The zero-order valence-corrected chi connectivity index (χ0v) is 7.04. The van der Waals surface area contributed by atoms with Gasteiger partial charge in [0.15, 0.2) is 0 Å². The average Bonchev–Trinajstić information content (AvgIpc) is 1.95. The molecule has 1 N–H and O–H groups in total. The molecule has 1 aromatic rings. The molecule has 0 radical (unpaired) electrons. The Bertz CT molecular complexity index is 377. The Balaban J connectivity index is 3.31. The van der Waals surface area contributed by atoms with E-state index in [0.29, 0.717) is 0 Å². The Kier molecular flexibility index (Phi) is 2.43. The van der Waals surface area contributed by atoms with Gasteiger partial charge in [-0.15, -0.1) is 0 Å². The highest BCUT2D eigenvalue weighted by atomic mass is 79.9. The number of aromatic amines is 1. The van der Waals surface area contributed by atoms with Crippen molar-refractivity contribution in [3.05, 3.63) is 38.1 Å². The van der Waals surface area contributed by atoms with Crippen molar-refractivity contribution in [2.24, 2.45) is 0 Å². The minimum absolute atomic E-state index is 0.394. The van der Waals surface area contributed by atoms with Crippen LogP contribution in [-0.4, -0.2) is 9.55 Å². The van der Waals surface area contributed by atoms with Crippen LogP contribution < -0.4 is 11.2 Å². The van der Waals surface area contributed by atoms with Crippen LogP contribution >= 0.6 is 15.9 Å². The van der Waals surface area contributed by atoms with Gasteiger partial charge in [-0.3, -0.25) is 14.3 Å². The number of hydrogen-bond donors (Lipinski definition) is 1. The molecule has 0 spiro atoms. The molecule has 0 fully saturated rings. The maximum Gasteiger partial charge on any atom is 0.332 e. The molecule has 0 aliphatic carbocycles. The molecule has 5 heteroatoms. The molecule has 0 aromatic carbocycles. The van der Waals surface area contributed by atoms with Gasteiger partial charge in [-0.2, -0.15) is 0 Å². The second kappa shape index (κ2) is 3.34. The third-order valence-corrected chi connectivity index (χ3v) is 1.30. The van der Waals surface area contributed by atoms with Gasteiger partial charge in [0.1, 0.15) is 0 Å². The smallest absolute Gasteiger partial charge is 0.276 e. The van der Waals surface area contributed by atoms with Crippen LogP contribution in [0.15, 0.2) is 26.8 Å². The van der Waals surface area contributed by atoms with Gasteiger partial charge in [-0.05, 0) is 4.99 Å². The summed E-state index contributed by atoms with van der Waals surface area (Å²) < 4.78 is 1.25. The van der Waals surface area contributed by atoms with E-state index in [1.807, 2.05) is 0 Å². The molecule has 0 atom stereocenters. The van der Waals surface area contributed by atoms with Crippen LogP contribution in [0.5, 0.6) is 0 Å². The molecule has 11 heavy (non-hydrogen) atoms. The maximum atomic E-state index is 10.9. The highest BCUT2D eigenvalue weighted by Crippen LogP contribution is 1.84. The Morgan fingerprint density at radius 2 is 2.27 bits per heavy atom. The van der Waals surface area contributed by atoms with Crippen molar-refractivity contribution in [3.8, 4) is 0 Å². The van der Waals surface area contributed by atoms with E-state index in [0.717, 1.165) is 0 Å². The molecule has 0 amide bonds. The molecule has 0 aliphatic rings. The summed E-state index contributed by atoms with van der Waals surface area (Å²) in [5, 5.41) is 0. The number of H-pyrrole nitrogens is 1. The van der Waals surface area contributed by atoms with E-state index in [2.05, 4.69) is 20.9 Å². The summed E-state index contributed by atoms with van der Waals surface area (Å²) in [6.45, 7) is 0. The lowest BCUT2D eigenvalue weighted by Gasteiger charge is -1.92. The molecule has 4 nitrogen and oxygen atoms in total. The molecular formula is C6H5BrN2O2. The Hall–Kier alpha value is -1.10. The molecular weight excluding hydrogens is 212 g/mol. The summed E-state index contributed by atoms with van der Waals surface area (Å²) in [5.74, 6) is 0. The van der Waals surface area contributed by atoms with Gasteiger partial charge in [0.2, 0.25) is 0 Å². The first-order valence-corrected chi connectivity index (χ1v) is 3.74. The Morgan fingerprint density at radius 1 is 1.55 bits per heavy atom. The molecule has 58 valence electrons. The molecule has 0 aliphatic heterocycles. The Labute approximate surface area is 70.3 Å². The van der Waals surface area contributed by atoms with E-state index in [4.69, 9.17) is 0 Å². The van der Waals surface area contributed by atoms with Crippen LogP contribution in [0.4, 0.5) is 0 Å². The SMILES string of the molecule is O=c1ccn(/C=C/Br)c(=O)[nH]1. The molecule has 0 saturated heterocycles. The number of halogens is 1. The molecule has 0 bridgehead atoms. The van der Waals surface area contributed by atoms with Crippen molar-refractivity contribution < 1.29 is 0 Å². The number of rotatable bonds is 1. The van der Waals surface area contributed by atoms with Crippen LogP contribution in [0.3, 0.4) is 0 Å². The van der Waals surface area contributed by atoms with Crippen LogP contribution in [0.2, 0.25) is 0 Å². The summed E-state index contributed by atoms with van der Waals surface area (Å²) in [6, 6.07) is 1.27. The summed E-state index contributed by atoms with van der Waals surface area (Å²) in [6.07, 6.45) is 2.87. The molecule has 0 saturated carbocycles. The van der Waals surface area contributed by atoms with E-state index in [1.165, 1.54) is 28.0 Å². The van der Waals surface area contributed by atoms with E-state index in [-0.39, 0.29) is 0 Å². The lowest BCUT2D eigenvalue weighted by Crippen LogP contribution is -2.25. The van der Waals surface area contributed by atoms with Gasteiger partial charge in [-0.1, -0.05) is 15.9 Å². The zero-order chi connectivity index (χ0) is 8.27. The molecule has 0 unspecified atom stereocenters. The molecule has 1 rings (SSSR count). The fraction of sp³-hybridized carbons (Fsp3) is 0. The predicted octanol–water partition coefficient (Wildman–Crippen LogP) is 0.360. The van der Waals surface area contributed by atoms with E-state index in [9.17, 15) is 9.59 Å². The van der Waals surface area contributed by atoms with Crippen molar-refractivity contribution in [2.45, 2.75) is 0 Å². The van der Waals surface area contributed by atoms with E-state index in [1.54, 1.807) is 0 Å². The monoisotopic (exact) mass is 216 g/mol. The average molecular weight is 217 g/mol. The summed E-state index contributed by atoms with van der Waals surface area (Å²) in [4.78, 5) is 25.0. The quantitative estimate of drug-likeness (QED) is 0.738. The summed E-state index contributed by atoms with van der Waals surface area (Å²) in [5.41, 5.74) is -0.845. The number of hydrogen-bond acceptors (Lipinski definition) is 2. The standard InChI is InChI=1S/C6H5BrN2O2/c7-2-4-9-3-1-5(10)8-6(9)11/h1-4H,(H,8,10,11)/b4-2+. The van der Waals surface area contributed by atoms with E-state index >= 15 is 0 Å². The second-order valence-corrected chi connectivity index (χ2v) is 2.32. The number of nitrogens with one attached hydrogen (secondary N) is 1. The van der Waals surface area contributed by atoms with Crippen molar-refractivity contribution >= 4 is 22.1 Å². The first-order valence-electron chi connectivity index (χ1n) is 2.82. The lowest BCUT2D eigenvalue weighted by atomic mass is 10.6. The van der Waals surface area contributed by atoms with Gasteiger partial charge in [0.05, 0.1) is 0 Å². The fourth-order valence-corrected chi connectivity index (χ4v) is 0.860. The highest BCUT2D eigenvalue weighted by Gasteiger charge is 1.88. The first kappa shape index (κ1) is 8.00. The van der Waals surface area contributed by atoms with Gasteiger partial charge in [0.25, 0.3) is 5.56 Å². The fourth-order valence-electron chi connectivity index (χ4n) is 0.605. The van der Waals surface area contributed by atoms with Crippen LogP contribution in [0.1, 0.15) is 0 Å². The van der Waals surface area contributed by atoms with Crippen molar-refractivity contribution in [3.63, 3.8) is 0 Å². The normalized spacial score (nSPS) is 10.6. The Morgan fingerprint density at radius 3 is 2.82 bits per heavy atom. The first-order chi connectivity index (χ1) is 5.24. The van der Waals surface area contributed by atoms with Crippen molar-refractivity contribution in [1.82, 2.24) is 9.55 Å². The third-order valence-electron chi connectivity index (χ3n) is 1.07. The molecule has 1 heterocycles. The van der Waals surface area contributed by atoms with Crippen molar-refractivity contribution in [1.29, 1.82) is 0 Å².